The van der Waals surface area contributed by atoms with Gasteiger partial charge in [-0.2, -0.15) is 0 Å². The summed E-state index contributed by atoms with van der Waals surface area (Å²) in [7, 11) is 1.54. The number of nitrogens with zero attached hydrogens (tertiary/aromatic N) is 1. The number of hydrogen-bond donors (Lipinski definition) is 1. The summed E-state index contributed by atoms with van der Waals surface area (Å²) in [4.78, 5) is 14.2. The first kappa shape index (κ1) is 9.68. The molecule has 0 aliphatic rings. The minimum atomic E-state index is -0.233. The molecule has 1 rings (SSSR count). The van der Waals surface area contributed by atoms with Crippen LogP contribution in [0.25, 0.3) is 0 Å². The molecule has 1 amide bonds. The highest BCUT2D eigenvalue weighted by molar-refractivity contribution is 5.91. The van der Waals surface area contributed by atoms with E-state index in [2.05, 4.69) is 14.7 Å². The number of aromatic nitrogens is 1. The van der Waals surface area contributed by atoms with Crippen LogP contribution in [0.4, 0.5) is 0 Å². The fraction of sp³-hybridized carbons (Fsp3) is 0.429. The molecule has 0 saturated carbocycles. The Labute approximate surface area is 65.6 Å². The van der Waals surface area contributed by atoms with Gasteiger partial charge in [0.15, 0.2) is 12.1 Å². The molecule has 0 radical (unpaired) electrons. The van der Waals surface area contributed by atoms with Crippen LogP contribution in [0.2, 0.25) is 0 Å². The summed E-state index contributed by atoms with van der Waals surface area (Å²) in [6.07, 6.45) is 2.50. The molecule has 1 heterocycles. The van der Waals surface area contributed by atoms with E-state index in [4.69, 9.17) is 0 Å². The van der Waals surface area contributed by atoms with Crippen LogP contribution in [-0.4, -0.2) is 17.9 Å². The summed E-state index contributed by atoms with van der Waals surface area (Å²) in [5.41, 5.74) is 0.303. The van der Waals surface area contributed by atoms with Crippen molar-refractivity contribution in [2.24, 2.45) is 0 Å². The van der Waals surface area contributed by atoms with Gasteiger partial charge in [-0.25, -0.2) is 4.98 Å². The van der Waals surface area contributed by atoms with Crippen LogP contribution in [0.15, 0.2) is 17.1 Å². The average Bonchev–Trinajstić information content (AvgIpc) is 2.59. The summed E-state index contributed by atoms with van der Waals surface area (Å²) in [5.74, 6) is -0.233. The van der Waals surface area contributed by atoms with Gasteiger partial charge in [0.2, 0.25) is 0 Å². The number of amides is 1. The van der Waals surface area contributed by atoms with Crippen molar-refractivity contribution in [2.75, 3.05) is 7.05 Å². The molecule has 1 N–H and O–H groups in total. The van der Waals surface area contributed by atoms with Crippen molar-refractivity contribution >= 4 is 5.91 Å². The zero-order chi connectivity index (χ0) is 8.69. The Morgan fingerprint density at radius 3 is 2.64 bits per heavy atom. The van der Waals surface area contributed by atoms with Gasteiger partial charge in [0.05, 0.1) is 0 Å². The van der Waals surface area contributed by atoms with Crippen LogP contribution in [0.5, 0.6) is 0 Å². The molecule has 1 aromatic rings. The van der Waals surface area contributed by atoms with E-state index >= 15 is 0 Å². The maximum Gasteiger partial charge on any atom is 0.272 e. The van der Waals surface area contributed by atoms with E-state index in [1.54, 1.807) is 0 Å². The number of hydrogen-bond acceptors (Lipinski definition) is 3. The summed E-state index contributed by atoms with van der Waals surface area (Å²) in [6.45, 7) is 4.00. The predicted octanol–water partition coefficient (Wildman–Crippen LogP) is 1.06. The maximum absolute atomic E-state index is 10.6. The monoisotopic (exact) mass is 156 g/mol. The van der Waals surface area contributed by atoms with E-state index in [1.807, 2.05) is 13.8 Å². The lowest BCUT2D eigenvalue weighted by atomic mass is 10.5. The van der Waals surface area contributed by atoms with Crippen molar-refractivity contribution in [3.63, 3.8) is 0 Å². The minimum absolute atomic E-state index is 0.233. The molecule has 4 nitrogen and oxygen atoms in total. The lowest BCUT2D eigenvalue weighted by molar-refractivity contribution is 0.0958. The number of oxazole rings is 1. The van der Waals surface area contributed by atoms with Gasteiger partial charge in [-0.05, 0) is 0 Å². The van der Waals surface area contributed by atoms with Crippen LogP contribution in [0.3, 0.4) is 0 Å². The molecule has 0 unspecified atom stereocenters. The Morgan fingerprint density at radius 2 is 2.27 bits per heavy atom. The van der Waals surface area contributed by atoms with Crippen molar-refractivity contribution in [1.82, 2.24) is 10.3 Å². The molecule has 62 valence electrons. The van der Waals surface area contributed by atoms with Crippen molar-refractivity contribution in [2.45, 2.75) is 13.8 Å². The molecule has 1 aromatic heterocycles. The van der Waals surface area contributed by atoms with Gasteiger partial charge < -0.3 is 9.73 Å². The van der Waals surface area contributed by atoms with Gasteiger partial charge in [-0.1, -0.05) is 13.8 Å². The highest BCUT2D eigenvalue weighted by Crippen LogP contribution is 1.91. The molecule has 0 saturated heterocycles. The lowest BCUT2D eigenvalue weighted by Crippen LogP contribution is -2.17. The average molecular weight is 156 g/mol. The standard InChI is InChI=1S/C5H6N2O2.C2H6/c1-6-5(8)4-2-9-3-7-4;1-2/h2-3H,1H3,(H,6,8);1-2H3. The number of nitrogens with one attached hydrogen (secondary N) is 1. The van der Waals surface area contributed by atoms with E-state index < -0.39 is 0 Å². The Morgan fingerprint density at radius 1 is 1.64 bits per heavy atom. The third-order valence-corrected chi connectivity index (χ3v) is 0.892. The Kier molecular flexibility index (Phi) is 4.81. The first-order valence-corrected chi connectivity index (χ1v) is 3.45. The highest BCUT2D eigenvalue weighted by Gasteiger charge is 2.03. The topological polar surface area (TPSA) is 55.1 Å². The van der Waals surface area contributed by atoms with Crippen molar-refractivity contribution in [3.8, 4) is 0 Å². The molecule has 4 heteroatoms. The van der Waals surface area contributed by atoms with Crippen LogP contribution in [0.1, 0.15) is 24.3 Å². The molecule has 0 spiro atoms. The van der Waals surface area contributed by atoms with Gasteiger partial charge >= 0.3 is 0 Å². The number of carbonyl (C=O) groups is 1. The van der Waals surface area contributed by atoms with E-state index in [0.717, 1.165) is 0 Å². The van der Waals surface area contributed by atoms with E-state index in [9.17, 15) is 4.79 Å². The van der Waals surface area contributed by atoms with Crippen LogP contribution in [-0.2, 0) is 0 Å². The molecular formula is C7H12N2O2. The second-order valence-corrected chi connectivity index (χ2v) is 1.45. The van der Waals surface area contributed by atoms with Crippen LogP contribution in [0, 0.1) is 0 Å². The Balaban J connectivity index is 0.000000461. The molecule has 11 heavy (non-hydrogen) atoms. The minimum Gasteiger partial charge on any atom is -0.451 e. The van der Waals surface area contributed by atoms with E-state index in [0.29, 0.717) is 5.69 Å². The predicted molar refractivity (Wildman–Crippen MR) is 41.2 cm³/mol. The summed E-state index contributed by atoms with van der Waals surface area (Å²) < 4.78 is 4.57. The second-order valence-electron chi connectivity index (χ2n) is 1.45. The van der Waals surface area contributed by atoms with Crippen molar-refractivity contribution in [3.05, 3.63) is 18.4 Å². The third kappa shape index (κ3) is 2.84. The molecule has 0 bridgehead atoms. The normalized spacial score (nSPS) is 7.91. The highest BCUT2D eigenvalue weighted by atomic mass is 16.3. The fourth-order valence-corrected chi connectivity index (χ4v) is 0.453. The molecule has 0 atom stereocenters. The van der Waals surface area contributed by atoms with E-state index in [-0.39, 0.29) is 5.91 Å². The van der Waals surface area contributed by atoms with E-state index in [1.165, 1.54) is 19.7 Å². The van der Waals surface area contributed by atoms with Crippen molar-refractivity contribution in [1.29, 1.82) is 0 Å². The molecular weight excluding hydrogens is 144 g/mol. The SMILES string of the molecule is CC.CNC(=O)c1cocn1. The smallest absolute Gasteiger partial charge is 0.272 e. The molecule has 0 aliphatic heterocycles. The van der Waals surface area contributed by atoms with Crippen LogP contribution >= 0.6 is 0 Å². The zero-order valence-corrected chi connectivity index (χ0v) is 6.92. The molecule has 0 aliphatic carbocycles. The summed E-state index contributed by atoms with van der Waals surface area (Å²) in [6, 6.07) is 0. The number of rotatable bonds is 1. The zero-order valence-electron chi connectivity index (χ0n) is 6.92. The lowest BCUT2D eigenvalue weighted by Gasteiger charge is -1.88. The first-order chi connectivity index (χ1) is 5.34. The number of carbonyl (C=O) groups excluding carboxylic acids is 1. The van der Waals surface area contributed by atoms with Gasteiger partial charge in [0.25, 0.3) is 5.91 Å². The summed E-state index contributed by atoms with van der Waals surface area (Å²) >= 11 is 0. The quantitative estimate of drug-likeness (QED) is 0.661. The van der Waals surface area contributed by atoms with Gasteiger partial charge in [-0.3, -0.25) is 4.79 Å². The Bertz CT molecular complexity index is 194. The Hall–Kier alpha value is -1.32. The van der Waals surface area contributed by atoms with Gasteiger partial charge in [0, 0.05) is 7.05 Å². The van der Waals surface area contributed by atoms with Crippen LogP contribution < -0.4 is 5.32 Å². The second kappa shape index (κ2) is 5.46. The maximum atomic E-state index is 10.6. The van der Waals surface area contributed by atoms with Gasteiger partial charge in [0.1, 0.15) is 6.26 Å². The first-order valence-electron chi connectivity index (χ1n) is 3.45. The fourth-order valence-electron chi connectivity index (χ4n) is 0.453. The largest absolute Gasteiger partial charge is 0.451 e. The third-order valence-electron chi connectivity index (χ3n) is 0.892. The van der Waals surface area contributed by atoms with Crippen molar-refractivity contribution < 1.29 is 9.21 Å². The van der Waals surface area contributed by atoms with Gasteiger partial charge in [-0.15, -0.1) is 0 Å². The summed E-state index contributed by atoms with van der Waals surface area (Å²) in [5, 5.41) is 2.41. The molecule has 0 aromatic carbocycles. The molecule has 0 fully saturated rings.